The Morgan fingerprint density at radius 3 is 2.07 bits per heavy atom. The number of piperidine rings is 1. The Morgan fingerprint density at radius 1 is 0.838 bits per heavy atom. The Bertz CT molecular complexity index is 3240. The molecule has 0 bridgehead atoms. The van der Waals surface area contributed by atoms with Crippen LogP contribution < -0.4 is 19.8 Å². The minimum atomic E-state index is -6.07. The van der Waals surface area contributed by atoms with Crippen LogP contribution in [0.4, 0.5) is 44.7 Å². The predicted octanol–water partition coefficient (Wildman–Crippen LogP) is 10.5. The van der Waals surface area contributed by atoms with E-state index in [1.807, 2.05) is 40.1 Å². The second-order valence-corrected chi connectivity index (χ2v) is 23.8. The number of carboxylic acid groups (broad SMARTS) is 1. The van der Waals surface area contributed by atoms with Gasteiger partial charge in [0.2, 0.25) is 0 Å². The Kier molecular flexibility index (Phi) is 16.0. The summed E-state index contributed by atoms with van der Waals surface area (Å²) in [6, 6.07) is 26.5. The minimum Gasteiger partial charge on any atom is -0.478 e. The van der Waals surface area contributed by atoms with Gasteiger partial charge in [-0.05, 0) is 111 Å². The van der Waals surface area contributed by atoms with Crippen molar-refractivity contribution in [2.45, 2.75) is 64.9 Å². The zero-order chi connectivity index (χ0) is 53.3. The molecule has 22 heteroatoms. The van der Waals surface area contributed by atoms with Crippen LogP contribution in [0.3, 0.4) is 0 Å². The molecule has 1 aromatic heterocycles. The molecule has 0 radical (unpaired) electrons. The number of sulfonamides is 1. The van der Waals surface area contributed by atoms with Gasteiger partial charge in [-0.2, -0.15) is 13.2 Å². The van der Waals surface area contributed by atoms with Gasteiger partial charge in [0, 0.05) is 115 Å². The zero-order valence-electron chi connectivity index (χ0n) is 40.5. The maximum Gasteiger partial charge on any atom is 0.501 e. The van der Waals surface area contributed by atoms with E-state index in [4.69, 9.17) is 11.6 Å². The molecule has 5 aromatic carbocycles. The summed E-state index contributed by atoms with van der Waals surface area (Å²) in [5, 5.41) is 24.2. The van der Waals surface area contributed by atoms with Crippen LogP contribution in [0.15, 0.2) is 124 Å². The molecular weight excluding hydrogens is 1050 g/mol. The highest BCUT2D eigenvalue weighted by molar-refractivity contribution is 7.99. The normalized spacial score (nSPS) is 16.0. The Hall–Kier alpha value is -5.84. The number of benzene rings is 5. The molecule has 0 amide bonds. The van der Waals surface area contributed by atoms with Gasteiger partial charge in [-0.3, -0.25) is 4.72 Å². The molecular formula is C52H54ClF5N6O7S3. The number of anilines is 4. The van der Waals surface area contributed by atoms with Gasteiger partial charge in [-0.15, -0.1) is 11.8 Å². The third kappa shape index (κ3) is 12.0. The van der Waals surface area contributed by atoms with Crippen molar-refractivity contribution in [1.29, 1.82) is 0 Å². The summed E-state index contributed by atoms with van der Waals surface area (Å²) in [6.07, 6.45) is 1.48. The van der Waals surface area contributed by atoms with Gasteiger partial charge < -0.3 is 34.8 Å². The van der Waals surface area contributed by atoms with E-state index in [9.17, 15) is 45.0 Å². The van der Waals surface area contributed by atoms with Gasteiger partial charge in [0.1, 0.15) is 4.90 Å². The second kappa shape index (κ2) is 21.8. The quantitative estimate of drug-likeness (QED) is 0.0506. The van der Waals surface area contributed by atoms with Crippen molar-refractivity contribution in [2.75, 3.05) is 71.4 Å². The molecule has 2 aliphatic rings. The van der Waals surface area contributed by atoms with Crippen LogP contribution in [0.5, 0.6) is 0 Å². The number of alkyl halides is 3. The standard InChI is InChI=1S/C52H54ClF5N6O7S3/c1-33-46(50(65)66)47(49(61(33)3)34-9-11-35(53)12-10-34)42-29-39(30-43(54)48(42)55)64-27-25-63(26-28-64)38-15-13-36(14-16-38)60-74(70,71)41-17-18-44(45(31-41)73(68,69)52(56,57)58)59-37(32-72-40-7-5-4-6-8-40)19-22-62-23-20-51(2,67)21-24-62/h4-18,29-31,37,59-60,67H,19-28,32H2,1-3H3,(H,65,66)/t37-/m1/s1. The maximum absolute atomic E-state index is 15.9. The van der Waals surface area contributed by atoms with E-state index >= 15 is 8.78 Å². The smallest absolute Gasteiger partial charge is 0.478 e. The molecule has 0 unspecified atom stereocenters. The van der Waals surface area contributed by atoms with Crippen molar-refractivity contribution in [2.24, 2.45) is 7.05 Å². The lowest BCUT2D eigenvalue weighted by molar-refractivity contribution is -0.0436. The number of likely N-dealkylation sites (tertiary alicyclic amines) is 1. The summed E-state index contributed by atoms with van der Waals surface area (Å²) in [4.78, 5) is 17.5. The predicted molar refractivity (Wildman–Crippen MR) is 280 cm³/mol. The summed E-state index contributed by atoms with van der Waals surface area (Å²) in [5.74, 6) is -3.35. The topological polar surface area (TPSA) is 165 Å². The van der Waals surface area contributed by atoms with E-state index in [1.54, 1.807) is 61.9 Å². The molecule has 13 nitrogen and oxygen atoms in total. The Labute approximate surface area is 435 Å². The van der Waals surface area contributed by atoms with E-state index in [-0.39, 0.29) is 22.4 Å². The molecule has 2 aliphatic heterocycles. The number of aliphatic hydroxyl groups is 1. The number of nitrogens with one attached hydrogen (secondary N) is 2. The molecule has 0 aliphatic carbocycles. The van der Waals surface area contributed by atoms with Crippen LogP contribution in [-0.2, 0) is 26.9 Å². The largest absolute Gasteiger partial charge is 0.501 e. The summed E-state index contributed by atoms with van der Waals surface area (Å²) >= 11 is 7.55. The lowest BCUT2D eigenvalue weighted by Crippen LogP contribution is -2.46. The summed E-state index contributed by atoms with van der Waals surface area (Å²) in [5.41, 5.74) is -5.07. The fourth-order valence-electron chi connectivity index (χ4n) is 9.25. The van der Waals surface area contributed by atoms with Crippen molar-refractivity contribution in [3.8, 4) is 22.4 Å². The highest BCUT2D eigenvalue weighted by atomic mass is 35.5. The van der Waals surface area contributed by atoms with Crippen molar-refractivity contribution in [3.63, 3.8) is 0 Å². The van der Waals surface area contributed by atoms with Gasteiger partial charge in [0.15, 0.2) is 11.6 Å². The van der Waals surface area contributed by atoms with E-state index < -0.39 is 70.1 Å². The first-order valence-corrected chi connectivity index (χ1v) is 27.9. The fraction of sp³-hybridized carbons (Fsp3) is 0.327. The number of nitrogens with zero attached hydrogens (tertiary/aromatic N) is 4. The van der Waals surface area contributed by atoms with Crippen LogP contribution >= 0.6 is 23.4 Å². The number of carboxylic acids is 1. The average molecular weight is 1100 g/mol. The maximum atomic E-state index is 15.9. The molecule has 0 saturated carbocycles. The number of aromatic nitrogens is 1. The zero-order valence-corrected chi connectivity index (χ0v) is 43.7. The molecule has 6 aromatic rings. The van der Waals surface area contributed by atoms with Crippen LogP contribution in [0, 0.1) is 18.6 Å². The molecule has 394 valence electrons. The van der Waals surface area contributed by atoms with Gasteiger partial charge in [0.25, 0.3) is 19.9 Å². The van der Waals surface area contributed by atoms with Crippen LogP contribution in [0.25, 0.3) is 22.4 Å². The molecule has 4 N–H and O–H groups in total. The lowest BCUT2D eigenvalue weighted by atomic mass is 9.94. The van der Waals surface area contributed by atoms with E-state index in [1.165, 1.54) is 30.0 Å². The van der Waals surface area contributed by atoms with Gasteiger partial charge in [-0.1, -0.05) is 41.9 Å². The molecule has 2 fully saturated rings. The first-order chi connectivity index (χ1) is 34.9. The number of rotatable bonds is 17. The highest BCUT2D eigenvalue weighted by Gasteiger charge is 2.48. The lowest BCUT2D eigenvalue weighted by Gasteiger charge is -2.37. The van der Waals surface area contributed by atoms with Crippen molar-refractivity contribution < 1.29 is 53.8 Å². The van der Waals surface area contributed by atoms with Crippen LogP contribution in [-0.4, -0.2) is 111 Å². The number of hydrogen-bond acceptors (Lipinski definition) is 11. The number of halogens is 6. The van der Waals surface area contributed by atoms with E-state index in [0.29, 0.717) is 110 Å². The van der Waals surface area contributed by atoms with Crippen molar-refractivity contribution in [1.82, 2.24) is 9.47 Å². The summed E-state index contributed by atoms with van der Waals surface area (Å²) in [6.45, 7) is 6.48. The summed E-state index contributed by atoms with van der Waals surface area (Å²) in [7, 11) is -9.09. The Balaban J connectivity index is 0.978. The van der Waals surface area contributed by atoms with Crippen molar-refractivity contribution in [3.05, 3.63) is 137 Å². The molecule has 0 spiro atoms. The van der Waals surface area contributed by atoms with Gasteiger partial charge in [-0.25, -0.2) is 30.4 Å². The second-order valence-electron chi connectivity index (χ2n) is 18.7. The number of carbonyl (C=O) groups is 1. The third-order valence-corrected chi connectivity index (χ3v) is 17.9. The highest BCUT2D eigenvalue weighted by Crippen LogP contribution is 2.43. The molecule has 3 heterocycles. The van der Waals surface area contributed by atoms with Gasteiger partial charge in [0.05, 0.1) is 27.4 Å². The van der Waals surface area contributed by atoms with Crippen LogP contribution in [0.2, 0.25) is 5.02 Å². The Morgan fingerprint density at radius 2 is 1.46 bits per heavy atom. The monoisotopic (exact) mass is 1100 g/mol. The SMILES string of the molecule is Cc1c(C(=O)O)c(-c2cc(N3CCN(c4ccc(NS(=O)(=O)c5ccc(N[C@H](CCN6CCC(C)(O)CC6)CSc6ccccc6)c(S(=O)(=O)C(F)(F)F)c5)cc4)CC3)cc(F)c2F)c(-c2ccc(Cl)cc2)n1C. The molecule has 8 rings (SSSR count). The first-order valence-electron chi connectivity index (χ1n) is 23.6. The minimum absolute atomic E-state index is 0.0168. The van der Waals surface area contributed by atoms with Crippen LogP contribution in [0.1, 0.15) is 42.2 Å². The molecule has 74 heavy (non-hydrogen) atoms. The first kappa shape index (κ1) is 54.4. The molecule has 1 atom stereocenters. The average Bonchev–Trinajstić information content (AvgIpc) is 3.62. The number of sulfone groups is 1. The number of thioether (sulfide) groups is 1. The third-order valence-electron chi connectivity index (χ3n) is 13.6. The number of piperazine rings is 1. The fourth-order valence-corrected chi connectivity index (χ4v) is 12.5. The number of hydrogen-bond donors (Lipinski definition) is 4. The van der Waals surface area contributed by atoms with Crippen molar-refractivity contribution >= 4 is 71.9 Å². The van der Waals surface area contributed by atoms with Gasteiger partial charge >= 0.3 is 11.5 Å². The molecule has 2 saturated heterocycles. The number of aromatic carboxylic acids is 1. The summed E-state index contributed by atoms with van der Waals surface area (Å²) < 4.78 is 132. The van der Waals surface area contributed by atoms with E-state index in [0.717, 1.165) is 23.1 Å². The van der Waals surface area contributed by atoms with E-state index in [2.05, 4.69) is 14.9 Å².